The summed E-state index contributed by atoms with van der Waals surface area (Å²) in [5.74, 6) is 0. The van der Waals surface area contributed by atoms with Gasteiger partial charge in [0.15, 0.2) is 5.65 Å². The van der Waals surface area contributed by atoms with E-state index >= 15 is 0 Å². The van der Waals surface area contributed by atoms with E-state index < -0.39 is 11.2 Å². The minimum Gasteiger partial charge on any atom is -0.444 e. The highest BCUT2D eigenvalue weighted by Gasteiger charge is 2.36. The van der Waals surface area contributed by atoms with Crippen LogP contribution in [0.25, 0.3) is 16.7 Å². The van der Waals surface area contributed by atoms with Crippen LogP contribution in [0.1, 0.15) is 33.6 Å². The molecule has 0 aliphatic carbocycles. The second-order valence-corrected chi connectivity index (χ2v) is 10.1. The maximum absolute atomic E-state index is 13.2. The monoisotopic (exact) mass is 502 g/mol. The van der Waals surface area contributed by atoms with Crippen LogP contribution >= 0.6 is 15.9 Å². The number of halogens is 1. The van der Waals surface area contributed by atoms with Crippen LogP contribution in [-0.4, -0.2) is 54.5 Å². The molecule has 3 heterocycles. The fourth-order valence-corrected chi connectivity index (χ4v) is 4.53. The number of para-hydroxylation sites is 1. The molecule has 170 valence electrons. The summed E-state index contributed by atoms with van der Waals surface area (Å²) in [4.78, 5) is 31.6. The number of aromatic nitrogens is 3. The van der Waals surface area contributed by atoms with Crippen LogP contribution in [0.15, 0.2) is 52.1 Å². The van der Waals surface area contributed by atoms with E-state index in [1.54, 1.807) is 11.0 Å². The number of piperidine rings is 1. The molecule has 0 spiro atoms. The first-order chi connectivity index (χ1) is 15.1. The third-order valence-corrected chi connectivity index (χ3v) is 6.15. The summed E-state index contributed by atoms with van der Waals surface area (Å²) < 4.78 is 9.46. The summed E-state index contributed by atoms with van der Waals surface area (Å²) in [6.45, 7) is 6.32. The summed E-state index contributed by atoms with van der Waals surface area (Å²) >= 11 is 3.53. The fourth-order valence-electron chi connectivity index (χ4n) is 3.93. The highest BCUT2D eigenvalue weighted by Crippen LogP contribution is 2.27. The van der Waals surface area contributed by atoms with Crippen LogP contribution < -0.4 is 5.56 Å². The van der Waals surface area contributed by atoms with Gasteiger partial charge in [-0.15, -0.1) is 0 Å². The van der Waals surface area contributed by atoms with Crippen molar-refractivity contribution in [2.24, 2.45) is 0 Å². The van der Waals surface area contributed by atoms with Gasteiger partial charge >= 0.3 is 6.09 Å². The maximum atomic E-state index is 13.2. The molecule has 32 heavy (non-hydrogen) atoms. The molecule has 0 saturated carbocycles. The quantitative estimate of drug-likeness (QED) is 0.589. The number of nitrogens with zero attached hydrogens (tertiary/aromatic N) is 4. The number of likely N-dealkylation sites (tertiary alicyclic amines) is 1. The molecule has 8 nitrogen and oxygen atoms in total. The zero-order chi connectivity index (χ0) is 23.1. The van der Waals surface area contributed by atoms with Crippen LogP contribution in [0, 0.1) is 0 Å². The van der Waals surface area contributed by atoms with Gasteiger partial charge in [0, 0.05) is 18.8 Å². The fraction of sp³-hybridized carbons (Fsp3) is 0.435. The Kier molecular flexibility index (Phi) is 5.89. The number of aliphatic hydroxyl groups is 1. The third kappa shape index (κ3) is 4.59. The van der Waals surface area contributed by atoms with Gasteiger partial charge in [0.1, 0.15) is 11.9 Å². The van der Waals surface area contributed by atoms with Crippen molar-refractivity contribution in [2.45, 2.75) is 51.4 Å². The Labute approximate surface area is 194 Å². The van der Waals surface area contributed by atoms with Gasteiger partial charge < -0.3 is 14.7 Å². The van der Waals surface area contributed by atoms with Crippen molar-refractivity contribution in [3.8, 4) is 5.69 Å². The average molecular weight is 503 g/mol. The first-order valence-corrected chi connectivity index (χ1v) is 11.4. The molecular weight excluding hydrogens is 476 g/mol. The molecule has 1 saturated heterocycles. The number of rotatable bonds is 3. The lowest BCUT2D eigenvalue weighted by molar-refractivity contribution is -0.0419. The highest BCUT2D eigenvalue weighted by atomic mass is 79.9. The van der Waals surface area contributed by atoms with Crippen molar-refractivity contribution < 1.29 is 14.6 Å². The number of carbonyl (C=O) groups excluding carboxylic acids is 1. The van der Waals surface area contributed by atoms with E-state index in [1.807, 2.05) is 55.7 Å². The number of benzene rings is 1. The topological polar surface area (TPSA) is 89.6 Å². The van der Waals surface area contributed by atoms with E-state index in [0.29, 0.717) is 37.0 Å². The summed E-state index contributed by atoms with van der Waals surface area (Å²) in [5, 5.41) is 11.6. The van der Waals surface area contributed by atoms with Crippen LogP contribution in [-0.2, 0) is 11.3 Å². The molecule has 1 fully saturated rings. The van der Waals surface area contributed by atoms with Crippen molar-refractivity contribution in [3.05, 3.63) is 57.7 Å². The average Bonchev–Trinajstić information content (AvgIpc) is 3.06. The Hall–Kier alpha value is -2.65. The first-order valence-electron chi connectivity index (χ1n) is 10.6. The smallest absolute Gasteiger partial charge is 0.410 e. The van der Waals surface area contributed by atoms with Gasteiger partial charge in [0.05, 0.1) is 22.1 Å². The first kappa shape index (κ1) is 22.5. The highest BCUT2D eigenvalue weighted by molar-refractivity contribution is 9.10. The molecule has 0 unspecified atom stereocenters. The Balaban J connectivity index is 1.54. The lowest BCUT2D eigenvalue weighted by Gasteiger charge is -2.38. The van der Waals surface area contributed by atoms with E-state index in [0.717, 1.165) is 10.3 Å². The zero-order valence-electron chi connectivity index (χ0n) is 18.4. The predicted octanol–water partition coefficient (Wildman–Crippen LogP) is 3.71. The van der Waals surface area contributed by atoms with E-state index in [1.165, 1.54) is 10.9 Å². The molecule has 3 aromatic rings. The molecule has 4 rings (SSSR count). The molecular formula is C23H27BrN4O4. The minimum atomic E-state index is -1.10. The van der Waals surface area contributed by atoms with Crippen LogP contribution in [0.3, 0.4) is 0 Å². The van der Waals surface area contributed by atoms with Gasteiger partial charge in [-0.25, -0.2) is 9.78 Å². The Morgan fingerprint density at radius 2 is 1.88 bits per heavy atom. The van der Waals surface area contributed by atoms with Gasteiger partial charge in [0.2, 0.25) is 0 Å². The minimum absolute atomic E-state index is 0.116. The Morgan fingerprint density at radius 3 is 2.50 bits per heavy atom. The standard InChI is InChI=1S/C23H27BrN4O4/c1-22(2,3)32-21(30)26-11-9-23(31,10-12-26)14-27-15-25-19-17(20(27)29)13-18(24)28(19)16-7-5-4-6-8-16/h4-8,13,15,31H,9-12,14H2,1-3H3. The molecule has 0 bridgehead atoms. The number of amides is 1. The second-order valence-electron chi connectivity index (χ2n) is 9.24. The lowest BCUT2D eigenvalue weighted by atomic mass is 9.91. The normalized spacial score (nSPS) is 16.3. The summed E-state index contributed by atoms with van der Waals surface area (Å²) in [5.41, 5.74) is -0.433. The predicted molar refractivity (Wildman–Crippen MR) is 125 cm³/mol. The SMILES string of the molecule is CC(C)(C)OC(=O)N1CCC(O)(Cn2cnc3c(cc(Br)n3-c3ccccc3)c2=O)CC1. The molecule has 2 aromatic heterocycles. The van der Waals surface area contributed by atoms with Gasteiger partial charge in [0.25, 0.3) is 5.56 Å². The number of fused-ring (bicyclic) bond motifs is 1. The number of ether oxygens (including phenoxy) is 1. The third-order valence-electron chi connectivity index (χ3n) is 5.57. The van der Waals surface area contributed by atoms with Gasteiger partial charge in [-0.1, -0.05) is 18.2 Å². The molecule has 9 heteroatoms. The van der Waals surface area contributed by atoms with Crippen molar-refractivity contribution in [3.63, 3.8) is 0 Å². The Morgan fingerprint density at radius 1 is 1.22 bits per heavy atom. The summed E-state index contributed by atoms with van der Waals surface area (Å²) in [6, 6.07) is 11.4. The van der Waals surface area contributed by atoms with Crippen molar-refractivity contribution >= 4 is 33.1 Å². The molecule has 1 N–H and O–H groups in total. The van der Waals surface area contributed by atoms with Gasteiger partial charge in [-0.3, -0.25) is 13.9 Å². The lowest BCUT2D eigenvalue weighted by Crippen LogP contribution is -2.50. The molecule has 1 aliphatic heterocycles. The van der Waals surface area contributed by atoms with Crippen molar-refractivity contribution in [2.75, 3.05) is 13.1 Å². The molecule has 1 amide bonds. The van der Waals surface area contributed by atoms with Crippen LogP contribution in [0.5, 0.6) is 0 Å². The largest absolute Gasteiger partial charge is 0.444 e. The van der Waals surface area contributed by atoms with E-state index in [2.05, 4.69) is 20.9 Å². The summed E-state index contributed by atoms with van der Waals surface area (Å²) in [6.07, 6.45) is 1.80. The zero-order valence-corrected chi connectivity index (χ0v) is 20.0. The molecule has 1 aromatic carbocycles. The Bertz CT molecular complexity index is 1190. The molecule has 0 atom stereocenters. The van der Waals surface area contributed by atoms with Crippen molar-refractivity contribution in [1.82, 2.24) is 19.0 Å². The van der Waals surface area contributed by atoms with E-state index in [4.69, 9.17) is 4.74 Å². The second kappa shape index (κ2) is 8.37. The maximum Gasteiger partial charge on any atom is 0.410 e. The van der Waals surface area contributed by atoms with Crippen molar-refractivity contribution in [1.29, 1.82) is 0 Å². The number of hydrogen-bond acceptors (Lipinski definition) is 5. The van der Waals surface area contributed by atoms with Gasteiger partial charge in [-0.05, 0) is 67.7 Å². The van der Waals surface area contributed by atoms with Crippen LogP contribution in [0.4, 0.5) is 4.79 Å². The molecule has 0 radical (unpaired) electrons. The van der Waals surface area contributed by atoms with E-state index in [9.17, 15) is 14.7 Å². The van der Waals surface area contributed by atoms with Crippen LogP contribution in [0.2, 0.25) is 0 Å². The number of hydrogen-bond donors (Lipinski definition) is 1. The molecule has 1 aliphatic rings. The van der Waals surface area contributed by atoms with E-state index in [-0.39, 0.29) is 18.2 Å². The van der Waals surface area contributed by atoms with Gasteiger partial charge in [-0.2, -0.15) is 0 Å². The summed E-state index contributed by atoms with van der Waals surface area (Å²) in [7, 11) is 0. The number of carbonyl (C=O) groups is 1.